The number of halogens is 2. The lowest BCUT2D eigenvalue weighted by atomic mass is 10.2. The number of carbonyl (C=O) groups excluding carboxylic acids is 1. The average Bonchev–Trinajstić information content (AvgIpc) is 2.89. The van der Waals surface area contributed by atoms with E-state index >= 15 is 0 Å². The maximum absolute atomic E-state index is 11.9. The van der Waals surface area contributed by atoms with Crippen LogP contribution < -0.4 is 10.2 Å². The number of hydrogen-bond acceptors (Lipinski definition) is 5. The van der Waals surface area contributed by atoms with Crippen molar-refractivity contribution in [3.8, 4) is 5.75 Å². The van der Waals surface area contributed by atoms with Crippen molar-refractivity contribution in [3.05, 3.63) is 24.8 Å². The number of hydrogen-bond donors (Lipinski definition) is 1. The molecule has 0 atom stereocenters. The lowest BCUT2D eigenvalue weighted by molar-refractivity contribution is -0.159. The Bertz CT molecular complexity index is 605. The maximum Gasteiger partial charge on any atom is 0.245 e. The third kappa shape index (κ3) is 5.81. The van der Waals surface area contributed by atoms with Gasteiger partial charge in [0.2, 0.25) is 5.91 Å². The summed E-state index contributed by atoms with van der Waals surface area (Å²) in [7, 11) is 0. The van der Waals surface area contributed by atoms with Crippen LogP contribution in [0.25, 0.3) is 0 Å². The summed E-state index contributed by atoms with van der Waals surface area (Å²) in [6.45, 7) is 6.76. The summed E-state index contributed by atoms with van der Waals surface area (Å²) in [5, 5.41) is 4.00. The number of nitrogens with zero attached hydrogens (tertiary/aromatic N) is 1. The van der Waals surface area contributed by atoms with Gasteiger partial charge in [-0.3, -0.25) is 4.79 Å². The monoisotopic (exact) mass is 558 g/mol. The number of benzene rings is 1. The zero-order chi connectivity index (χ0) is 17.7. The fraction of sp³-hybridized carbons (Fsp3) is 0.500. The highest BCUT2D eigenvalue weighted by Gasteiger charge is 2.33. The van der Waals surface area contributed by atoms with E-state index in [1.165, 1.54) is 0 Å². The van der Waals surface area contributed by atoms with Crippen molar-refractivity contribution in [2.75, 3.05) is 13.2 Å². The quantitative estimate of drug-likeness (QED) is 0.331. The molecule has 1 fully saturated rings. The summed E-state index contributed by atoms with van der Waals surface area (Å²) in [5.41, 5.74) is 3.39. The second-order valence-electron chi connectivity index (χ2n) is 5.78. The molecule has 0 bridgehead atoms. The van der Waals surface area contributed by atoms with E-state index < -0.39 is 5.79 Å². The number of carbonyl (C=O) groups is 1. The Morgan fingerprint density at radius 3 is 2.50 bits per heavy atom. The van der Waals surface area contributed by atoms with Crippen molar-refractivity contribution in [2.24, 2.45) is 5.10 Å². The van der Waals surface area contributed by atoms with Gasteiger partial charge in [0.05, 0.1) is 39.1 Å². The van der Waals surface area contributed by atoms with Crippen molar-refractivity contribution < 1.29 is 19.0 Å². The third-order valence-corrected chi connectivity index (χ3v) is 4.76. The first-order chi connectivity index (χ1) is 11.3. The highest BCUT2D eigenvalue weighted by atomic mass is 127. The molecule has 0 aliphatic carbocycles. The van der Waals surface area contributed by atoms with E-state index in [4.69, 9.17) is 14.2 Å². The molecule has 0 spiro atoms. The first-order valence-corrected chi connectivity index (χ1v) is 9.70. The molecule has 0 unspecified atom stereocenters. The van der Waals surface area contributed by atoms with E-state index in [0.29, 0.717) is 13.2 Å². The Morgan fingerprint density at radius 2 is 1.96 bits per heavy atom. The first kappa shape index (κ1) is 19.9. The predicted octanol–water partition coefficient (Wildman–Crippen LogP) is 3.29. The summed E-state index contributed by atoms with van der Waals surface area (Å²) >= 11 is 4.47. The third-order valence-electron chi connectivity index (χ3n) is 3.16. The Balaban J connectivity index is 1.95. The van der Waals surface area contributed by atoms with Crippen LogP contribution in [0.3, 0.4) is 0 Å². The molecule has 1 aromatic carbocycles. The molecule has 6 nitrogen and oxygen atoms in total. The molecule has 1 heterocycles. The van der Waals surface area contributed by atoms with Gasteiger partial charge in [0.15, 0.2) is 5.79 Å². The molecule has 1 aliphatic heterocycles. The van der Waals surface area contributed by atoms with Gasteiger partial charge < -0.3 is 14.2 Å². The minimum Gasteiger partial charge on any atom is -0.489 e. The largest absolute Gasteiger partial charge is 0.489 e. The smallest absolute Gasteiger partial charge is 0.245 e. The Morgan fingerprint density at radius 1 is 1.38 bits per heavy atom. The topological polar surface area (TPSA) is 69.2 Å². The van der Waals surface area contributed by atoms with E-state index in [9.17, 15) is 4.79 Å². The molecule has 1 aromatic rings. The first-order valence-electron chi connectivity index (χ1n) is 7.54. The van der Waals surface area contributed by atoms with Crippen molar-refractivity contribution in [1.29, 1.82) is 0 Å². The van der Waals surface area contributed by atoms with E-state index in [1.54, 1.807) is 13.1 Å². The number of amides is 1. The van der Waals surface area contributed by atoms with Crippen molar-refractivity contribution in [1.82, 2.24) is 5.43 Å². The Hall–Kier alpha value is -0.460. The molecular weight excluding hydrogens is 538 g/mol. The number of hydrazone groups is 1. The highest BCUT2D eigenvalue weighted by molar-refractivity contribution is 14.1. The molecule has 0 radical (unpaired) electrons. The molecule has 8 heteroatoms. The van der Waals surface area contributed by atoms with Gasteiger partial charge in [-0.1, -0.05) is 0 Å². The Kier molecular flexibility index (Phi) is 7.25. The van der Waals surface area contributed by atoms with Gasteiger partial charge in [0.1, 0.15) is 5.75 Å². The molecule has 1 aliphatic rings. The van der Waals surface area contributed by atoms with Crippen LogP contribution in [0.5, 0.6) is 5.75 Å². The molecule has 0 aromatic heterocycles. The molecular formula is C16H20I2N2O4. The van der Waals surface area contributed by atoms with Crippen LogP contribution in [-0.2, 0) is 14.3 Å². The minimum atomic E-state index is -0.847. The average molecular weight is 558 g/mol. The zero-order valence-electron chi connectivity index (χ0n) is 13.8. The molecule has 0 saturated carbocycles. The number of rotatable bonds is 6. The van der Waals surface area contributed by atoms with Crippen LogP contribution in [0.2, 0.25) is 0 Å². The number of nitrogens with one attached hydrogen (secondary N) is 1. The van der Waals surface area contributed by atoms with E-state index in [0.717, 1.165) is 18.5 Å². The lowest BCUT2D eigenvalue weighted by Gasteiger charge is -2.20. The summed E-state index contributed by atoms with van der Waals surface area (Å²) in [6.07, 6.45) is 1.84. The van der Waals surface area contributed by atoms with Crippen LogP contribution in [0.1, 0.15) is 32.8 Å². The van der Waals surface area contributed by atoms with Crippen molar-refractivity contribution in [2.45, 2.75) is 39.1 Å². The molecule has 1 N–H and O–H groups in total. The van der Waals surface area contributed by atoms with Crippen LogP contribution in [0.4, 0.5) is 0 Å². The van der Waals surface area contributed by atoms with Gasteiger partial charge in [-0.05, 0) is 83.6 Å². The second kappa shape index (κ2) is 8.77. The maximum atomic E-state index is 11.9. The van der Waals surface area contributed by atoms with Crippen LogP contribution >= 0.6 is 45.2 Å². The fourth-order valence-corrected chi connectivity index (χ4v) is 4.24. The fourth-order valence-electron chi connectivity index (χ4n) is 2.17. The van der Waals surface area contributed by atoms with Crippen LogP contribution in [-0.4, -0.2) is 37.2 Å². The lowest BCUT2D eigenvalue weighted by Crippen LogP contribution is -2.33. The molecule has 1 saturated heterocycles. The van der Waals surface area contributed by atoms with E-state index in [2.05, 4.69) is 55.7 Å². The summed E-state index contributed by atoms with van der Waals surface area (Å²) in [6, 6.07) is 3.92. The molecule has 24 heavy (non-hydrogen) atoms. The molecule has 132 valence electrons. The van der Waals surface area contributed by atoms with Gasteiger partial charge in [-0.2, -0.15) is 5.10 Å². The van der Waals surface area contributed by atoms with Gasteiger partial charge in [0, 0.05) is 0 Å². The summed E-state index contributed by atoms with van der Waals surface area (Å²) in [4.78, 5) is 11.9. The van der Waals surface area contributed by atoms with Gasteiger partial charge in [-0.15, -0.1) is 0 Å². The molecule has 2 rings (SSSR count). The normalized spacial score (nSPS) is 16.8. The second-order valence-corrected chi connectivity index (χ2v) is 8.11. The highest BCUT2D eigenvalue weighted by Crippen LogP contribution is 2.29. The van der Waals surface area contributed by atoms with E-state index in [-0.39, 0.29) is 18.4 Å². The van der Waals surface area contributed by atoms with Crippen LogP contribution in [0, 0.1) is 7.14 Å². The predicted molar refractivity (Wildman–Crippen MR) is 108 cm³/mol. The minimum absolute atomic E-state index is 0.112. The summed E-state index contributed by atoms with van der Waals surface area (Å²) in [5.74, 6) is -0.226. The molecule has 1 amide bonds. The van der Waals surface area contributed by atoms with Gasteiger partial charge in [0.25, 0.3) is 0 Å². The zero-order valence-corrected chi connectivity index (χ0v) is 18.1. The van der Waals surface area contributed by atoms with Crippen LogP contribution in [0.15, 0.2) is 17.2 Å². The SMILES string of the molecule is CC(C)Oc1c(I)cc(/C=N\NC(=O)CC2(C)OCCO2)cc1I. The standard InChI is InChI=1S/C16H20I2N2O4/c1-10(2)24-15-12(17)6-11(7-13(15)18)9-19-20-14(21)8-16(3)22-4-5-23-16/h6-7,9-10H,4-5,8H2,1-3H3,(H,20,21)/b19-9-. The van der Waals surface area contributed by atoms with Gasteiger partial charge >= 0.3 is 0 Å². The van der Waals surface area contributed by atoms with Crippen molar-refractivity contribution in [3.63, 3.8) is 0 Å². The number of ether oxygens (including phenoxy) is 3. The van der Waals surface area contributed by atoms with E-state index in [1.807, 2.05) is 26.0 Å². The Labute approximate surface area is 169 Å². The van der Waals surface area contributed by atoms with Gasteiger partial charge in [-0.25, -0.2) is 5.43 Å². The summed E-state index contributed by atoms with van der Waals surface area (Å²) < 4.78 is 18.6. The van der Waals surface area contributed by atoms with Crippen molar-refractivity contribution >= 4 is 57.3 Å².